The Labute approximate surface area is 213 Å². The molecule has 5 rings (SSSR count). The van der Waals surface area contributed by atoms with E-state index >= 15 is 0 Å². The van der Waals surface area contributed by atoms with Gasteiger partial charge in [-0.2, -0.15) is 0 Å². The van der Waals surface area contributed by atoms with Crippen LogP contribution in [0.15, 0.2) is 29.8 Å². The summed E-state index contributed by atoms with van der Waals surface area (Å²) in [5.41, 5.74) is 0.938. The van der Waals surface area contributed by atoms with Gasteiger partial charge in [0.05, 0.1) is 12.3 Å². The number of aliphatic carboxylic acids is 2. The van der Waals surface area contributed by atoms with Crippen LogP contribution in [-0.4, -0.2) is 80.7 Å². The summed E-state index contributed by atoms with van der Waals surface area (Å²) in [4.78, 5) is 41.1. The molecule has 194 valence electrons. The molecule has 2 N–H and O–H groups in total. The van der Waals surface area contributed by atoms with Crippen molar-refractivity contribution in [2.24, 2.45) is 5.92 Å². The lowest BCUT2D eigenvalue weighted by molar-refractivity contribution is -0.159. The van der Waals surface area contributed by atoms with E-state index in [4.69, 9.17) is 29.5 Å². The number of carbonyl (C=O) groups is 3. The average Bonchev–Trinajstić information content (AvgIpc) is 3.33. The highest BCUT2D eigenvalue weighted by Gasteiger charge is 2.44. The topological polar surface area (TPSA) is 125 Å². The van der Waals surface area contributed by atoms with Gasteiger partial charge in [0.1, 0.15) is 11.4 Å². The quantitative estimate of drug-likeness (QED) is 0.443. The summed E-state index contributed by atoms with van der Waals surface area (Å²) in [5.74, 6) is -1.61. The van der Waals surface area contributed by atoms with E-state index in [0.29, 0.717) is 13.1 Å². The summed E-state index contributed by atoms with van der Waals surface area (Å²) in [6, 6.07) is 4.02. The highest BCUT2D eigenvalue weighted by Crippen LogP contribution is 2.39. The van der Waals surface area contributed by atoms with Gasteiger partial charge in [-0.15, -0.1) is 11.3 Å². The number of carboxylic acids is 2. The fourth-order valence-corrected chi connectivity index (χ4v) is 5.35. The smallest absolute Gasteiger partial charge is 0.414 e. The molecule has 1 saturated carbocycles. The van der Waals surface area contributed by atoms with Gasteiger partial charge in [-0.1, -0.05) is 6.07 Å². The number of nitrogens with zero attached hydrogens (tertiary/aromatic N) is 4. The molecular formula is C25H32N4O6S. The number of ether oxygens (including phenoxy) is 1. The third-order valence-electron chi connectivity index (χ3n) is 6.74. The highest BCUT2D eigenvalue weighted by atomic mass is 32.1. The van der Waals surface area contributed by atoms with E-state index in [-0.39, 0.29) is 11.5 Å². The van der Waals surface area contributed by atoms with Crippen molar-refractivity contribution in [2.75, 3.05) is 33.3 Å². The van der Waals surface area contributed by atoms with Crippen LogP contribution in [-0.2, 0) is 37.8 Å². The Kier molecular flexibility index (Phi) is 8.22. The zero-order valence-corrected chi connectivity index (χ0v) is 21.2. The maximum atomic E-state index is 12.6. The lowest BCUT2D eigenvalue weighted by Gasteiger charge is -2.43. The fourth-order valence-electron chi connectivity index (χ4n) is 4.73. The van der Waals surface area contributed by atoms with Crippen molar-refractivity contribution in [1.82, 2.24) is 19.4 Å². The first kappa shape index (κ1) is 26.1. The van der Waals surface area contributed by atoms with Crippen LogP contribution in [0.2, 0.25) is 0 Å². The molecule has 36 heavy (non-hydrogen) atoms. The number of carbonyl (C=O) groups excluding carboxylic acids is 1. The minimum atomic E-state index is -1.82. The number of hydrogen-bond donors (Lipinski definition) is 2. The molecule has 0 radical (unpaired) electrons. The molecule has 2 aromatic heterocycles. The van der Waals surface area contributed by atoms with Crippen LogP contribution in [0.3, 0.4) is 0 Å². The Morgan fingerprint density at radius 2 is 1.94 bits per heavy atom. The van der Waals surface area contributed by atoms with Crippen molar-refractivity contribution in [3.8, 4) is 0 Å². The minimum absolute atomic E-state index is 0.0831. The first-order valence-corrected chi connectivity index (χ1v) is 13.0. The van der Waals surface area contributed by atoms with Crippen molar-refractivity contribution >= 4 is 35.3 Å². The first-order valence-electron chi connectivity index (χ1n) is 12.1. The Balaban J connectivity index is 0.000000455. The molecule has 0 bridgehead atoms. The van der Waals surface area contributed by atoms with E-state index in [9.17, 15) is 4.79 Å². The standard InChI is InChI=1S/C23H30N4O2S.C2H2O4/c1-25(16-18-4-5-18)17-19-15-24-22-23(29-13-12-27(19)22)8-10-26(11-9-23)21(28)7-6-20-3-2-14-30-20;3-1(4)2(5)6/h2-3,6-7,14-15,18H,4-5,8-13,16-17H2,1H3;(H,3,4)(H,5,6)/b7-6+;. The molecular weight excluding hydrogens is 484 g/mol. The Bertz CT molecular complexity index is 1090. The van der Waals surface area contributed by atoms with Gasteiger partial charge < -0.3 is 29.3 Å². The predicted octanol–water partition coefficient (Wildman–Crippen LogP) is 2.50. The van der Waals surface area contributed by atoms with Gasteiger partial charge in [0.2, 0.25) is 5.91 Å². The van der Waals surface area contributed by atoms with Gasteiger partial charge in [0, 0.05) is 62.7 Å². The number of aromatic nitrogens is 2. The molecule has 0 unspecified atom stereocenters. The Morgan fingerprint density at radius 3 is 2.56 bits per heavy atom. The van der Waals surface area contributed by atoms with Crippen molar-refractivity contribution in [1.29, 1.82) is 0 Å². The summed E-state index contributed by atoms with van der Waals surface area (Å²) in [6.45, 7) is 5.12. The van der Waals surface area contributed by atoms with E-state index < -0.39 is 11.9 Å². The molecule has 2 fully saturated rings. The summed E-state index contributed by atoms with van der Waals surface area (Å²) < 4.78 is 8.70. The monoisotopic (exact) mass is 516 g/mol. The number of carboxylic acid groups (broad SMARTS) is 2. The molecule has 1 spiro atoms. The third kappa shape index (κ3) is 6.40. The number of hydrogen-bond acceptors (Lipinski definition) is 7. The second kappa shape index (κ2) is 11.4. The lowest BCUT2D eigenvalue weighted by atomic mass is 9.89. The summed E-state index contributed by atoms with van der Waals surface area (Å²) in [5, 5.41) is 16.8. The van der Waals surface area contributed by atoms with Crippen molar-refractivity contribution in [3.05, 3.63) is 46.2 Å². The maximum absolute atomic E-state index is 12.6. The number of rotatable bonds is 6. The zero-order chi connectivity index (χ0) is 25.7. The second-order valence-electron chi connectivity index (χ2n) is 9.49. The normalized spacial score (nSPS) is 18.7. The van der Waals surface area contributed by atoms with Crippen LogP contribution >= 0.6 is 11.3 Å². The van der Waals surface area contributed by atoms with Crippen LogP contribution in [0.25, 0.3) is 6.08 Å². The number of fused-ring (bicyclic) bond motifs is 2. The largest absolute Gasteiger partial charge is 0.473 e. The van der Waals surface area contributed by atoms with E-state index in [1.807, 2.05) is 34.7 Å². The Hall–Kier alpha value is -3.02. The molecule has 1 aliphatic carbocycles. The number of amides is 1. The van der Waals surface area contributed by atoms with Crippen LogP contribution in [0.4, 0.5) is 0 Å². The maximum Gasteiger partial charge on any atom is 0.414 e. The predicted molar refractivity (Wildman–Crippen MR) is 133 cm³/mol. The minimum Gasteiger partial charge on any atom is -0.473 e. The number of likely N-dealkylation sites (tertiary alicyclic amines) is 1. The number of imidazole rings is 1. The van der Waals surface area contributed by atoms with Gasteiger partial charge in [-0.25, -0.2) is 14.6 Å². The van der Waals surface area contributed by atoms with Gasteiger partial charge in [-0.05, 0) is 43.3 Å². The molecule has 0 atom stereocenters. The van der Waals surface area contributed by atoms with Gasteiger partial charge >= 0.3 is 11.9 Å². The molecule has 4 heterocycles. The summed E-state index contributed by atoms with van der Waals surface area (Å²) in [6.07, 6.45) is 10.0. The third-order valence-corrected chi connectivity index (χ3v) is 7.57. The molecule has 10 nitrogen and oxygen atoms in total. The van der Waals surface area contributed by atoms with Crippen molar-refractivity contribution in [2.45, 2.75) is 44.4 Å². The van der Waals surface area contributed by atoms with E-state index in [2.05, 4.69) is 16.5 Å². The highest BCUT2D eigenvalue weighted by molar-refractivity contribution is 7.10. The molecule has 3 aliphatic rings. The molecule has 1 amide bonds. The van der Waals surface area contributed by atoms with Gasteiger partial charge in [0.15, 0.2) is 0 Å². The summed E-state index contributed by atoms with van der Waals surface area (Å²) >= 11 is 1.64. The number of piperidine rings is 1. The van der Waals surface area contributed by atoms with Gasteiger partial charge in [-0.3, -0.25) is 4.79 Å². The molecule has 11 heteroatoms. The Morgan fingerprint density at radius 1 is 1.22 bits per heavy atom. The van der Waals surface area contributed by atoms with Crippen molar-refractivity contribution < 1.29 is 29.3 Å². The van der Waals surface area contributed by atoms with Crippen LogP contribution in [0, 0.1) is 5.92 Å². The lowest BCUT2D eigenvalue weighted by Crippen LogP contribution is -2.49. The SMILES string of the molecule is CN(Cc1cnc2n1CCOC21CCN(C(=O)/C=C/c2cccs2)CC1)CC1CC1.O=C(O)C(=O)O. The van der Waals surface area contributed by atoms with Gasteiger partial charge in [0.25, 0.3) is 0 Å². The van der Waals surface area contributed by atoms with E-state index in [1.165, 1.54) is 25.1 Å². The van der Waals surface area contributed by atoms with Crippen LogP contribution in [0.1, 0.15) is 42.1 Å². The van der Waals surface area contributed by atoms with E-state index in [1.54, 1.807) is 17.4 Å². The second-order valence-corrected chi connectivity index (χ2v) is 10.5. The molecule has 2 aliphatic heterocycles. The zero-order valence-electron chi connectivity index (χ0n) is 20.3. The summed E-state index contributed by atoms with van der Waals surface area (Å²) in [7, 11) is 2.21. The molecule has 2 aromatic rings. The van der Waals surface area contributed by atoms with Crippen molar-refractivity contribution in [3.63, 3.8) is 0 Å². The average molecular weight is 517 g/mol. The van der Waals surface area contributed by atoms with Crippen LogP contribution < -0.4 is 0 Å². The number of thiophene rings is 1. The van der Waals surface area contributed by atoms with E-state index in [0.717, 1.165) is 49.2 Å². The fraction of sp³-hybridized carbons (Fsp3) is 0.520. The molecule has 0 aromatic carbocycles. The first-order chi connectivity index (χ1) is 17.3. The van der Waals surface area contributed by atoms with Crippen LogP contribution in [0.5, 0.6) is 0 Å². The molecule has 1 saturated heterocycles.